The second-order valence-corrected chi connectivity index (χ2v) is 4.64. The summed E-state index contributed by atoms with van der Waals surface area (Å²) in [6.45, 7) is 2.14. The van der Waals surface area contributed by atoms with E-state index in [1.807, 2.05) is 37.3 Å². The molecule has 5 nitrogen and oxygen atoms in total. The smallest absolute Gasteiger partial charge is 0.309 e. The highest BCUT2D eigenvalue weighted by Gasteiger charge is 2.16. The van der Waals surface area contributed by atoms with Crippen LogP contribution >= 0.6 is 0 Å². The molecule has 21 heavy (non-hydrogen) atoms. The molecule has 108 valence electrons. The van der Waals surface area contributed by atoms with Gasteiger partial charge in [-0.1, -0.05) is 30.3 Å². The van der Waals surface area contributed by atoms with E-state index in [1.54, 1.807) is 24.5 Å². The number of hydrogen-bond acceptors (Lipinski definition) is 3. The van der Waals surface area contributed by atoms with E-state index in [0.717, 1.165) is 11.1 Å². The molecule has 5 heteroatoms. The van der Waals surface area contributed by atoms with E-state index in [2.05, 4.69) is 15.6 Å². The van der Waals surface area contributed by atoms with Gasteiger partial charge in [0.25, 0.3) is 0 Å². The molecule has 0 saturated heterocycles. The maximum Gasteiger partial charge on any atom is 0.309 e. The van der Waals surface area contributed by atoms with E-state index < -0.39 is 11.8 Å². The van der Waals surface area contributed by atoms with Crippen LogP contribution in [0.25, 0.3) is 0 Å². The lowest BCUT2D eigenvalue weighted by atomic mass is 10.1. The average Bonchev–Trinajstić information content (AvgIpc) is 2.54. The number of nitrogens with zero attached hydrogens (tertiary/aromatic N) is 1. The number of carbonyl (C=O) groups is 2. The molecule has 0 aliphatic heterocycles. The molecule has 0 fully saturated rings. The van der Waals surface area contributed by atoms with Crippen LogP contribution in [0.2, 0.25) is 0 Å². The van der Waals surface area contributed by atoms with Crippen LogP contribution in [-0.4, -0.2) is 16.8 Å². The molecule has 1 aromatic heterocycles. The van der Waals surface area contributed by atoms with Crippen molar-refractivity contribution in [2.45, 2.75) is 19.5 Å². The first kappa shape index (κ1) is 14.7. The SMILES string of the molecule is C[C@@H](NC(=O)C(=O)NCc1ccncc1)c1ccccc1. The first-order valence-corrected chi connectivity index (χ1v) is 6.69. The van der Waals surface area contributed by atoms with Crippen molar-refractivity contribution < 1.29 is 9.59 Å². The Balaban J connectivity index is 1.84. The van der Waals surface area contributed by atoms with Gasteiger partial charge in [-0.05, 0) is 30.2 Å². The van der Waals surface area contributed by atoms with E-state index in [9.17, 15) is 9.59 Å². The number of aromatic nitrogens is 1. The quantitative estimate of drug-likeness (QED) is 0.837. The van der Waals surface area contributed by atoms with E-state index >= 15 is 0 Å². The van der Waals surface area contributed by atoms with Crippen LogP contribution < -0.4 is 10.6 Å². The first-order chi connectivity index (χ1) is 10.2. The highest BCUT2D eigenvalue weighted by molar-refractivity contribution is 6.35. The maximum atomic E-state index is 11.8. The molecule has 1 aromatic carbocycles. The largest absolute Gasteiger partial charge is 0.344 e. The van der Waals surface area contributed by atoms with Gasteiger partial charge in [0.15, 0.2) is 0 Å². The second kappa shape index (κ2) is 7.19. The molecular weight excluding hydrogens is 266 g/mol. The minimum Gasteiger partial charge on any atom is -0.344 e. The maximum absolute atomic E-state index is 11.8. The minimum atomic E-state index is -0.644. The summed E-state index contributed by atoms with van der Waals surface area (Å²) in [7, 11) is 0. The Hall–Kier alpha value is -2.69. The van der Waals surface area contributed by atoms with Gasteiger partial charge in [-0.25, -0.2) is 0 Å². The molecule has 2 N–H and O–H groups in total. The van der Waals surface area contributed by atoms with Gasteiger partial charge >= 0.3 is 11.8 Å². The van der Waals surface area contributed by atoms with Gasteiger partial charge in [0.2, 0.25) is 0 Å². The fourth-order valence-electron chi connectivity index (χ4n) is 1.85. The summed E-state index contributed by atoms with van der Waals surface area (Å²) >= 11 is 0. The predicted octanol–water partition coefficient (Wildman–Crippen LogP) is 1.58. The van der Waals surface area contributed by atoms with E-state index in [0.29, 0.717) is 6.54 Å². The minimum absolute atomic E-state index is 0.217. The highest BCUT2D eigenvalue weighted by Crippen LogP contribution is 2.10. The fourth-order valence-corrected chi connectivity index (χ4v) is 1.85. The fraction of sp³-hybridized carbons (Fsp3) is 0.188. The zero-order valence-electron chi connectivity index (χ0n) is 11.7. The van der Waals surface area contributed by atoms with Crippen molar-refractivity contribution in [3.63, 3.8) is 0 Å². The topological polar surface area (TPSA) is 71.1 Å². The van der Waals surface area contributed by atoms with Crippen molar-refractivity contribution in [1.82, 2.24) is 15.6 Å². The Kier molecular flexibility index (Phi) is 5.04. The molecule has 1 heterocycles. The molecular formula is C16H17N3O2. The lowest BCUT2D eigenvalue weighted by molar-refractivity contribution is -0.139. The first-order valence-electron chi connectivity index (χ1n) is 6.69. The molecule has 2 rings (SSSR count). The number of hydrogen-bond donors (Lipinski definition) is 2. The molecule has 0 saturated carbocycles. The standard InChI is InChI=1S/C16H17N3O2/c1-12(14-5-3-2-4-6-14)19-16(21)15(20)18-11-13-7-9-17-10-8-13/h2-10,12H,11H2,1H3,(H,18,20)(H,19,21)/t12-/m1/s1. The van der Waals surface area contributed by atoms with Crippen LogP contribution in [0, 0.1) is 0 Å². The Bertz CT molecular complexity index is 599. The van der Waals surface area contributed by atoms with Crippen molar-refractivity contribution in [1.29, 1.82) is 0 Å². The van der Waals surface area contributed by atoms with Crippen LogP contribution in [0.1, 0.15) is 24.1 Å². The summed E-state index contributed by atoms with van der Waals surface area (Å²) in [4.78, 5) is 27.4. The normalized spacial score (nSPS) is 11.5. The van der Waals surface area contributed by atoms with Gasteiger partial charge < -0.3 is 10.6 Å². The van der Waals surface area contributed by atoms with Crippen LogP contribution in [0.15, 0.2) is 54.9 Å². The summed E-state index contributed by atoms with van der Waals surface area (Å²) in [6, 6.07) is 12.8. The zero-order valence-corrected chi connectivity index (χ0v) is 11.7. The third-order valence-corrected chi connectivity index (χ3v) is 3.06. The Labute approximate surface area is 123 Å². The summed E-state index contributed by atoms with van der Waals surface area (Å²) in [5, 5.41) is 5.25. The molecule has 0 unspecified atom stereocenters. The van der Waals surface area contributed by atoms with Gasteiger partial charge in [0, 0.05) is 18.9 Å². The molecule has 0 spiro atoms. The molecule has 1 atom stereocenters. The Morgan fingerprint density at radius 2 is 1.71 bits per heavy atom. The summed E-state index contributed by atoms with van der Waals surface area (Å²) in [5.41, 5.74) is 1.84. The van der Waals surface area contributed by atoms with Crippen molar-refractivity contribution in [2.24, 2.45) is 0 Å². The van der Waals surface area contributed by atoms with Gasteiger partial charge in [-0.2, -0.15) is 0 Å². The second-order valence-electron chi connectivity index (χ2n) is 4.64. The number of rotatable bonds is 4. The van der Waals surface area contributed by atoms with Crippen molar-refractivity contribution >= 4 is 11.8 Å². The van der Waals surface area contributed by atoms with Crippen LogP contribution in [-0.2, 0) is 16.1 Å². The summed E-state index contributed by atoms with van der Waals surface area (Å²) in [6.07, 6.45) is 3.28. The molecule has 0 aliphatic rings. The Morgan fingerprint density at radius 3 is 2.38 bits per heavy atom. The molecule has 2 aromatic rings. The monoisotopic (exact) mass is 283 g/mol. The van der Waals surface area contributed by atoms with Crippen molar-refractivity contribution in [3.05, 3.63) is 66.0 Å². The summed E-state index contributed by atoms with van der Waals surface area (Å²) in [5.74, 6) is -1.28. The number of amides is 2. The lowest BCUT2D eigenvalue weighted by Crippen LogP contribution is -2.40. The zero-order chi connectivity index (χ0) is 15.1. The molecule has 2 amide bonds. The van der Waals surface area contributed by atoms with Crippen molar-refractivity contribution in [3.8, 4) is 0 Å². The highest BCUT2D eigenvalue weighted by atomic mass is 16.2. The third kappa shape index (κ3) is 4.42. The lowest BCUT2D eigenvalue weighted by Gasteiger charge is -2.14. The van der Waals surface area contributed by atoms with E-state index in [-0.39, 0.29) is 6.04 Å². The number of nitrogens with one attached hydrogen (secondary N) is 2. The van der Waals surface area contributed by atoms with Crippen LogP contribution in [0.5, 0.6) is 0 Å². The number of benzene rings is 1. The van der Waals surface area contributed by atoms with Crippen molar-refractivity contribution in [2.75, 3.05) is 0 Å². The van der Waals surface area contributed by atoms with Gasteiger partial charge in [0.05, 0.1) is 6.04 Å². The van der Waals surface area contributed by atoms with Gasteiger partial charge in [-0.15, -0.1) is 0 Å². The summed E-state index contributed by atoms with van der Waals surface area (Å²) < 4.78 is 0. The molecule has 0 bridgehead atoms. The van der Waals surface area contributed by atoms with E-state index in [1.165, 1.54) is 0 Å². The van der Waals surface area contributed by atoms with Gasteiger partial charge in [-0.3, -0.25) is 14.6 Å². The average molecular weight is 283 g/mol. The van der Waals surface area contributed by atoms with Gasteiger partial charge in [0.1, 0.15) is 0 Å². The van der Waals surface area contributed by atoms with E-state index in [4.69, 9.17) is 0 Å². The third-order valence-electron chi connectivity index (χ3n) is 3.06. The van der Waals surface area contributed by atoms with Crippen LogP contribution in [0.4, 0.5) is 0 Å². The number of carbonyl (C=O) groups excluding carboxylic acids is 2. The van der Waals surface area contributed by atoms with Crippen LogP contribution in [0.3, 0.4) is 0 Å². The molecule has 0 aliphatic carbocycles. The predicted molar refractivity (Wildman–Crippen MR) is 79.1 cm³/mol. The molecule has 0 radical (unpaired) electrons. The number of pyridine rings is 1. The Morgan fingerprint density at radius 1 is 1.05 bits per heavy atom.